The van der Waals surface area contributed by atoms with Crippen molar-refractivity contribution in [2.45, 2.75) is 13.8 Å². The van der Waals surface area contributed by atoms with E-state index >= 15 is 0 Å². The van der Waals surface area contributed by atoms with Crippen LogP contribution in [0.15, 0.2) is 81.6 Å². The van der Waals surface area contributed by atoms with Gasteiger partial charge in [0.05, 0.1) is 11.4 Å². The number of hydrogen-bond donors (Lipinski definition) is 3. The van der Waals surface area contributed by atoms with Crippen LogP contribution < -0.4 is 16.2 Å². The summed E-state index contributed by atoms with van der Waals surface area (Å²) in [5.41, 5.74) is 8.72. The summed E-state index contributed by atoms with van der Waals surface area (Å²) in [6.45, 7) is 3.91. The van der Waals surface area contributed by atoms with Gasteiger partial charge in [-0.25, -0.2) is 0 Å². The lowest BCUT2D eigenvalue weighted by Gasteiger charge is -2.10. The predicted octanol–water partition coefficient (Wildman–Crippen LogP) is 6.02. The Balaban J connectivity index is 1.58. The van der Waals surface area contributed by atoms with Crippen LogP contribution >= 0.6 is 22.7 Å². The lowest BCUT2D eigenvalue weighted by molar-refractivity contribution is 1.12. The van der Waals surface area contributed by atoms with E-state index in [1.807, 2.05) is 79.2 Å². The van der Waals surface area contributed by atoms with Crippen molar-refractivity contribution in [1.29, 1.82) is 0 Å². The second-order valence-electron chi connectivity index (χ2n) is 6.53. The summed E-state index contributed by atoms with van der Waals surface area (Å²) in [4.78, 5) is 11.3. The summed E-state index contributed by atoms with van der Waals surface area (Å²) < 4.78 is 0. The summed E-state index contributed by atoms with van der Waals surface area (Å²) in [7, 11) is 0. The molecule has 0 aliphatic rings. The van der Waals surface area contributed by atoms with E-state index in [1.165, 1.54) is 0 Å². The fraction of sp³-hybridized carbons (Fsp3) is 0.0909. The number of rotatable bonds is 8. The van der Waals surface area contributed by atoms with Gasteiger partial charge in [0.25, 0.3) is 0 Å². The van der Waals surface area contributed by atoms with Gasteiger partial charge in [0.2, 0.25) is 5.95 Å². The first-order chi connectivity index (χ1) is 15.2. The Labute approximate surface area is 188 Å². The van der Waals surface area contributed by atoms with E-state index in [1.54, 1.807) is 28.7 Å². The molecule has 3 aromatic heterocycles. The molecule has 0 aliphatic heterocycles. The minimum Gasteiger partial charge on any atom is -0.324 e. The van der Waals surface area contributed by atoms with Gasteiger partial charge in [0.1, 0.15) is 0 Å². The molecule has 4 rings (SSSR count). The number of aromatic nitrogens is 2. The molecule has 7 nitrogen and oxygen atoms in total. The molecule has 0 spiro atoms. The number of nitrogens with zero attached hydrogens (tertiary/aromatic N) is 4. The average molecular weight is 448 g/mol. The summed E-state index contributed by atoms with van der Waals surface area (Å²) in [5.74, 6) is 1.54. The number of hydrogen-bond acceptors (Lipinski definition) is 9. The summed E-state index contributed by atoms with van der Waals surface area (Å²) >= 11 is 3.28. The van der Waals surface area contributed by atoms with Crippen LogP contribution in [-0.2, 0) is 0 Å². The standard InChI is InChI=1S/C22H21N7S2/c1-15(18-10-6-12-30-18)26-28-20-14-21(29-27-16(2)19-11-7-13-31-19)25-22(24-20)23-17-8-4-3-5-9-17/h3-14H,1-2H3,(H3,23,24,25,28,29). The molecule has 4 aromatic rings. The summed E-state index contributed by atoms with van der Waals surface area (Å²) in [6, 6.07) is 19.6. The van der Waals surface area contributed by atoms with Crippen molar-refractivity contribution >= 4 is 57.4 Å². The Bertz CT molecular complexity index is 1100. The van der Waals surface area contributed by atoms with Crippen LogP contribution in [0.25, 0.3) is 0 Å². The van der Waals surface area contributed by atoms with Crippen molar-refractivity contribution in [2.75, 3.05) is 16.2 Å². The van der Waals surface area contributed by atoms with Crippen LogP contribution in [0.2, 0.25) is 0 Å². The van der Waals surface area contributed by atoms with Gasteiger partial charge in [-0.05, 0) is 48.9 Å². The molecular weight excluding hydrogens is 426 g/mol. The molecule has 0 radical (unpaired) electrons. The van der Waals surface area contributed by atoms with Crippen molar-refractivity contribution in [1.82, 2.24) is 9.97 Å². The SMILES string of the molecule is CC(=NNc1cc(NN=C(C)c2cccs2)nc(Nc2ccccc2)n1)c1cccs1. The molecule has 3 heterocycles. The van der Waals surface area contributed by atoms with E-state index in [2.05, 4.69) is 36.3 Å². The van der Waals surface area contributed by atoms with E-state index in [0.717, 1.165) is 26.9 Å². The maximum atomic E-state index is 4.54. The number of hydrazone groups is 2. The molecule has 0 aliphatic carbocycles. The monoisotopic (exact) mass is 447 g/mol. The van der Waals surface area contributed by atoms with Gasteiger partial charge in [-0.3, -0.25) is 10.9 Å². The van der Waals surface area contributed by atoms with E-state index in [0.29, 0.717) is 17.6 Å². The summed E-state index contributed by atoms with van der Waals surface area (Å²) in [6.07, 6.45) is 0. The smallest absolute Gasteiger partial charge is 0.231 e. The zero-order chi connectivity index (χ0) is 21.5. The zero-order valence-electron chi connectivity index (χ0n) is 17.0. The van der Waals surface area contributed by atoms with Gasteiger partial charge in [-0.1, -0.05) is 30.3 Å². The summed E-state index contributed by atoms with van der Waals surface area (Å²) in [5, 5.41) is 16.2. The highest BCUT2D eigenvalue weighted by molar-refractivity contribution is 7.12. The van der Waals surface area contributed by atoms with E-state index < -0.39 is 0 Å². The van der Waals surface area contributed by atoms with E-state index in [9.17, 15) is 0 Å². The average Bonchev–Trinajstić information content (AvgIpc) is 3.51. The molecule has 0 saturated carbocycles. The molecule has 0 saturated heterocycles. The molecule has 0 bridgehead atoms. The Morgan fingerprint density at radius 3 is 1.77 bits per heavy atom. The van der Waals surface area contributed by atoms with Crippen LogP contribution in [0.5, 0.6) is 0 Å². The first kappa shape index (κ1) is 20.7. The van der Waals surface area contributed by atoms with E-state index in [4.69, 9.17) is 0 Å². The van der Waals surface area contributed by atoms with Gasteiger partial charge < -0.3 is 5.32 Å². The third-order valence-corrected chi connectivity index (χ3v) is 6.15. The molecule has 31 heavy (non-hydrogen) atoms. The Kier molecular flexibility index (Phi) is 6.65. The van der Waals surface area contributed by atoms with Crippen LogP contribution in [0, 0.1) is 0 Å². The minimum atomic E-state index is 0.437. The first-order valence-corrected chi connectivity index (χ1v) is 11.3. The van der Waals surface area contributed by atoms with Gasteiger partial charge in [0, 0.05) is 21.5 Å². The van der Waals surface area contributed by atoms with Crippen molar-refractivity contribution < 1.29 is 0 Å². The van der Waals surface area contributed by atoms with Gasteiger partial charge >= 0.3 is 0 Å². The van der Waals surface area contributed by atoms with Gasteiger partial charge in [0.15, 0.2) is 11.6 Å². The highest BCUT2D eigenvalue weighted by Gasteiger charge is 2.07. The fourth-order valence-electron chi connectivity index (χ4n) is 2.63. The molecule has 0 atom stereocenters. The number of thiophene rings is 2. The Morgan fingerprint density at radius 2 is 1.29 bits per heavy atom. The zero-order valence-corrected chi connectivity index (χ0v) is 18.7. The lowest BCUT2D eigenvalue weighted by atomic mass is 10.3. The predicted molar refractivity (Wildman–Crippen MR) is 132 cm³/mol. The van der Waals surface area contributed by atoms with Crippen molar-refractivity contribution in [3.05, 3.63) is 81.2 Å². The quantitative estimate of drug-likeness (QED) is 0.227. The number of nitrogens with one attached hydrogen (secondary N) is 3. The first-order valence-electron chi connectivity index (χ1n) is 9.57. The van der Waals surface area contributed by atoms with Crippen molar-refractivity contribution in [2.24, 2.45) is 10.2 Å². The van der Waals surface area contributed by atoms with Crippen molar-refractivity contribution in [3.63, 3.8) is 0 Å². The number of benzene rings is 1. The van der Waals surface area contributed by atoms with Crippen LogP contribution in [0.3, 0.4) is 0 Å². The second-order valence-corrected chi connectivity index (χ2v) is 8.42. The van der Waals surface area contributed by atoms with Gasteiger partial charge in [-0.2, -0.15) is 20.2 Å². The molecule has 1 aromatic carbocycles. The highest BCUT2D eigenvalue weighted by atomic mass is 32.1. The van der Waals surface area contributed by atoms with E-state index in [-0.39, 0.29) is 0 Å². The lowest BCUT2D eigenvalue weighted by Crippen LogP contribution is -2.06. The number of anilines is 4. The maximum absolute atomic E-state index is 4.54. The fourth-order valence-corrected chi connectivity index (χ4v) is 3.98. The topological polar surface area (TPSA) is 86.6 Å². The van der Waals surface area contributed by atoms with Gasteiger partial charge in [-0.15, -0.1) is 22.7 Å². The molecular formula is C22H21N7S2. The third kappa shape index (κ3) is 5.74. The molecule has 0 unspecified atom stereocenters. The minimum absolute atomic E-state index is 0.437. The molecule has 0 amide bonds. The highest BCUT2D eigenvalue weighted by Crippen LogP contribution is 2.19. The maximum Gasteiger partial charge on any atom is 0.231 e. The molecule has 0 fully saturated rings. The third-order valence-electron chi connectivity index (χ3n) is 4.19. The number of para-hydroxylation sites is 1. The largest absolute Gasteiger partial charge is 0.324 e. The normalized spacial score (nSPS) is 11.9. The molecule has 9 heteroatoms. The van der Waals surface area contributed by atoms with Crippen molar-refractivity contribution in [3.8, 4) is 0 Å². The van der Waals surface area contributed by atoms with Crippen LogP contribution in [-0.4, -0.2) is 21.4 Å². The molecule has 156 valence electrons. The molecule has 3 N–H and O–H groups in total. The second kappa shape index (κ2) is 9.96. The van der Waals surface area contributed by atoms with Crippen LogP contribution in [0.1, 0.15) is 23.6 Å². The Morgan fingerprint density at radius 1 is 0.742 bits per heavy atom. The van der Waals surface area contributed by atoms with Crippen LogP contribution in [0.4, 0.5) is 23.3 Å². The Hall–Kier alpha value is -3.56.